The van der Waals surface area contributed by atoms with Gasteiger partial charge in [0.15, 0.2) is 5.54 Å². The van der Waals surface area contributed by atoms with E-state index in [9.17, 15) is 14.7 Å². The first-order valence-electron chi connectivity index (χ1n) is 10.1. The fourth-order valence-corrected chi connectivity index (χ4v) is 4.48. The number of piperazine rings is 1. The van der Waals surface area contributed by atoms with E-state index in [4.69, 9.17) is 16.6 Å². The molecule has 0 bridgehead atoms. The van der Waals surface area contributed by atoms with Gasteiger partial charge in [0.1, 0.15) is 5.84 Å². The van der Waals surface area contributed by atoms with Crippen LogP contribution >= 0.6 is 11.6 Å². The van der Waals surface area contributed by atoms with Crippen molar-refractivity contribution >= 4 is 29.3 Å². The fourth-order valence-electron chi connectivity index (χ4n) is 4.26. The number of carboxylic acids is 1. The molecule has 2 saturated carbocycles. The molecule has 28 heavy (non-hydrogen) atoms. The molecule has 1 saturated heterocycles. The van der Waals surface area contributed by atoms with Crippen LogP contribution in [-0.2, 0) is 4.79 Å². The summed E-state index contributed by atoms with van der Waals surface area (Å²) in [6, 6.07) is 7.13. The molecule has 0 spiro atoms. The molecule has 6 nitrogen and oxygen atoms in total. The van der Waals surface area contributed by atoms with Crippen LogP contribution in [0.4, 0.5) is 0 Å². The van der Waals surface area contributed by atoms with Crippen LogP contribution in [0.1, 0.15) is 48.9 Å². The molecule has 1 aromatic rings. The molecule has 3 fully saturated rings. The fraction of sp³-hybridized carbons (Fsp3) is 0.571. The summed E-state index contributed by atoms with van der Waals surface area (Å²) < 4.78 is 0. The maximum Gasteiger partial charge on any atom is 0.331 e. The van der Waals surface area contributed by atoms with E-state index in [1.807, 2.05) is 17.0 Å². The molecule has 2 aliphatic carbocycles. The van der Waals surface area contributed by atoms with Gasteiger partial charge in [-0.25, -0.2) is 4.79 Å². The van der Waals surface area contributed by atoms with E-state index in [2.05, 4.69) is 4.90 Å². The number of benzene rings is 1. The zero-order chi connectivity index (χ0) is 19.7. The summed E-state index contributed by atoms with van der Waals surface area (Å²) in [5.74, 6) is 0.453. The predicted octanol–water partition coefficient (Wildman–Crippen LogP) is 3.30. The van der Waals surface area contributed by atoms with Crippen molar-refractivity contribution in [1.82, 2.24) is 9.80 Å². The second-order valence-electron chi connectivity index (χ2n) is 8.05. The van der Waals surface area contributed by atoms with E-state index in [0.29, 0.717) is 55.5 Å². The Kier molecular flexibility index (Phi) is 5.32. The summed E-state index contributed by atoms with van der Waals surface area (Å²) in [6.07, 6.45) is 5.76. The highest BCUT2D eigenvalue weighted by Crippen LogP contribution is 2.42. The van der Waals surface area contributed by atoms with Gasteiger partial charge < -0.3 is 14.9 Å². The number of halogens is 1. The monoisotopic (exact) mass is 403 g/mol. The number of amidine groups is 1. The van der Waals surface area contributed by atoms with Crippen molar-refractivity contribution in [2.75, 3.05) is 26.2 Å². The molecule has 7 heteroatoms. The Labute approximate surface area is 170 Å². The molecule has 1 amide bonds. The maximum absolute atomic E-state index is 12.8. The summed E-state index contributed by atoms with van der Waals surface area (Å²) in [6.45, 7) is 2.55. The van der Waals surface area contributed by atoms with Crippen LogP contribution in [0.25, 0.3) is 0 Å². The van der Waals surface area contributed by atoms with Crippen LogP contribution in [-0.4, -0.2) is 64.3 Å². The number of amides is 1. The largest absolute Gasteiger partial charge is 0.479 e. The minimum atomic E-state index is -0.900. The van der Waals surface area contributed by atoms with Gasteiger partial charge in [-0.1, -0.05) is 36.6 Å². The lowest BCUT2D eigenvalue weighted by molar-refractivity contribution is -0.139. The van der Waals surface area contributed by atoms with Crippen molar-refractivity contribution < 1.29 is 14.7 Å². The number of carbonyl (C=O) groups is 2. The second-order valence-corrected chi connectivity index (χ2v) is 8.45. The van der Waals surface area contributed by atoms with Gasteiger partial charge >= 0.3 is 5.97 Å². The summed E-state index contributed by atoms with van der Waals surface area (Å²) >= 11 is 6.18. The molecule has 3 aliphatic rings. The third-order valence-corrected chi connectivity index (χ3v) is 6.50. The Balaban J connectivity index is 1.47. The van der Waals surface area contributed by atoms with Crippen molar-refractivity contribution in [3.63, 3.8) is 0 Å². The van der Waals surface area contributed by atoms with E-state index in [1.54, 1.807) is 12.1 Å². The number of aliphatic imine (C=N–C) groups is 1. The van der Waals surface area contributed by atoms with Gasteiger partial charge in [-0.05, 0) is 37.8 Å². The summed E-state index contributed by atoms with van der Waals surface area (Å²) in [4.78, 5) is 33.3. The van der Waals surface area contributed by atoms with Crippen molar-refractivity contribution in [2.45, 2.75) is 44.1 Å². The Morgan fingerprint density at radius 2 is 1.64 bits per heavy atom. The predicted molar refractivity (Wildman–Crippen MR) is 108 cm³/mol. The highest BCUT2D eigenvalue weighted by atomic mass is 35.5. The Morgan fingerprint density at radius 3 is 2.21 bits per heavy atom. The first kappa shape index (κ1) is 19.2. The highest BCUT2D eigenvalue weighted by Gasteiger charge is 2.51. The van der Waals surface area contributed by atoms with E-state index >= 15 is 0 Å². The SMILES string of the molecule is O=C(c1ccccc1Cl)N1CCN(/C(=N/C2(C(=O)O)CC2)C2CCCC2)CC1. The number of hydrogen-bond donors (Lipinski definition) is 1. The zero-order valence-electron chi connectivity index (χ0n) is 15.9. The molecule has 1 N–H and O–H groups in total. The average Bonchev–Trinajstić information content (AvgIpc) is 3.30. The number of hydrogen-bond acceptors (Lipinski definition) is 3. The zero-order valence-corrected chi connectivity index (χ0v) is 16.7. The molecule has 0 unspecified atom stereocenters. The molecular formula is C21H26ClN3O3. The van der Waals surface area contributed by atoms with Gasteiger partial charge in [0, 0.05) is 32.1 Å². The van der Waals surface area contributed by atoms with Gasteiger partial charge in [-0.3, -0.25) is 9.79 Å². The Morgan fingerprint density at radius 1 is 1.04 bits per heavy atom. The van der Waals surface area contributed by atoms with E-state index < -0.39 is 11.5 Å². The van der Waals surface area contributed by atoms with E-state index in [1.165, 1.54) is 12.8 Å². The third kappa shape index (κ3) is 3.75. The van der Waals surface area contributed by atoms with Crippen molar-refractivity contribution in [3.8, 4) is 0 Å². The molecule has 0 aromatic heterocycles. The number of carboxylic acid groups (broad SMARTS) is 1. The Hall–Kier alpha value is -2.08. The second kappa shape index (κ2) is 7.74. The van der Waals surface area contributed by atoms with Crippen LogP contribution in [0.3, 0.4) is 0 Å². The van der Waals surface area contributed by atoms with Crippen molar-refractivity contribution in [2.24, 2.45) is 10.9 Å². The van der Waals surface area contributed by atoms with Crippen LogP contribution in [0.5, 0.6) is 0 Å². The van der Waals surface area contributed by atoms with E-state index in [0.717, 1.165) is 18.7 Å². The Bertz CT molecular complexity index is 792. The smallest absolute Gasteiger partial charge is 0.331 e. The molecule has 150 valence electrons. The lowest BCUT2D eigenvalue weighted by Gasteiger charge is -2.38. The summed E-state index contributed by atoms with van der Waals surface area (Å²) in [5, 5.41) is 10.0. The van der Waals surface area contributed by atoms with Crippen molar-refractivity contribution in [3.05, 3.63) is 34.9 Å². The average molecular weight is 404 g/mol. The molecule has 1 aromatic carbocycles. The molecular weight excluding hydrogens is 378 g/mol. The summed E-state index contributed by atoms with van der Waals surface area (Å²) in [7, 11) is 0. The number of nitrogens with zero attached hydrogens (tertiary/aromatic N) is 3. The van der Waals surface area contributed by atoms with Gasteiger partial charge in [0.25, 0.3) is 5.91 Å². The topological polar surface area (TPSA) is 73.2 Å². The normalized spacial score (nSPS) is 22.4. The molecule has 0 radical (unpaired) electrons. The summed E-state index contributed by atoms with van der Waals surface area (Å²) in [5.41, 5.74) is -0.368. The minimum Gasteiger partial charge on any atom is -0.479 e. The lowest BCUT2D eigenvalue weighted by Crippen LogP contribution is -2.52. The van der Waals surface area contributed by atoms with Crippen LogP contribution in [0.2, 0.25) is 5.02 Å². The minimum absolute atomic E-state index is 0.0474. The van der Waals surface area contributed by atoms with Gasteiger partial charge in [0.05, 0.1) is 10.6 Å². The van der Waals surface area contributed by atoms with Crippen LogP contribution in [0.15, 0.2) is 29.3 Å². The van der Waals surface area contributed by atoms with Gasteiger partial charge in [0.2, 0.25) is 0 Å². The quantitative estimate of drug-likeness (QED) is 0.618. The van der Waals surface area contributed by atoms with Gasteiger partial charge in [-0.2, -0.15) is 0 Å². The lowest BCUT2D eigenvalue weighted by atomic mass is 10.0. The number of rotatable bonds is 4. The van der Waals surface area contributed by atoms with Crippen molar-refractivity contribution in [1.29, 1.82) is 0 Å². The number of aliphatic carboxylic acids is 1. The first-order chi connectivity index (χ1) is 13.5. The maximum atomic E-state index is 12.8. The van der Waals surface area contributed by atoms with E-state index in [-0.39, 0.29) is 5.91 Å². The highest BCUT2D eigenvalue weighted by molar-refractivity contribution is 6.33. The first-order valence-corrected chi connectivity index (χ1v) is 10.5. The van der Waals surface area contributed by atoms with Crippen LogP contribution < -0.4 is 0 Å². The third-order valence-electron chi connectivity index (χ3n) is 6.17. The standard InChI is InChI=1S/C21H26ClN3O3/c22-17-8-4-3-7-16(17)19(26)25-13-11-24(12-14-25)18(15-5-1-2-6-15)23-21(9-10-21)20(27)28/h3-4,7-8,15H,1-2,5-6,9-14H2,(H,27,28)/b23-18+. The number of carbonyl (C=O) groups excluding carboxylic acids is 1. The van der Waals surface area contributed by atoms with Gasteiger partial charge in [-0.15, -0.1) is 0 Å². The molecule has 1 heterocycles. The molecule has 0 atom stereocenters. The molecule has 4 rings (SSSR count). The van der Waals surface area contributed by atoms with Crippen LogP contribution in [0, 0.1) is 5.92 Å². The molecule has 1 aliphatic heterocycles.